The van der Waals surface area contributed by atoms with Gasteiger partial charge in [0.1, 0.15) is 11.5 Å². The van der Waals surface area contributed by atoms with E-state index in [1.165, 1.54) is 11.8 Å². The van der Waals surface area contributed by atoms with Crippen LogP contribution < -0.4 is 10.5 Å². The zero-order valence-corrected chi connectivity index (χ0v) is 14.2. The van der Waals surface area contributed by atoms with Gasteiger partial charge in [0.05, 0.1) is 24.1 Å². The highest BCUT2D eigenvalue weighted by Crippen LogP contribution is 2.35. The Balaban J connectivity index is 2.20. The number of hydrogen-bond donors (Lipinski definition) is 2. The molecule has 0 saturated heterocycles. The van der Waals surface area contributed by atoms with E-state index in [1.54, 1.807) is 35.9 Å². The van der Waals surface area contributed by atoms with Crippen molar-refractivity contribution in [1.29, 1.82) is 0 Å². The number of aromatic hydroxyl groups is 1. The lowest BCUT2D eigenvalue weighted by atomic mass is 10.2. The number of rotatable bonds is 6. The maximum absolute atomic E-state index is 11.2. The molecule has 7 nitrogen and oxygen atoms in total. The Labute approximate surface area is 148 Å². The largest absolute Gasteiger partial charge is 0.507 e. The van der Waals surface area contributed by atoms with Crippen LogP contribution in [-0.4, -0.2) is 38.6 Å². The van der Waals surface area contributed by atoms with E-state index in [4.69, 9.17) is 10.5 Å². The van der Waals surface area contributed by atoms with E-state index in [0.29, 0.717) is 28.0 Å². The smallest absolute Gasteiger partial charge is 0.227 e. The number of nitrogens with two attached hydrogens (primary N) is 1. The third kappa shape index (κ3) is 3.43. The van der Waals surface area contributed by atoms with E-state index in [2.05, 4.69) is 10.2 Å². The first-order valence-electron chi connectivity index (χ1n) is 7.40. The van der Waals surface area contributed by atoms with E-state index < -0.39 is 5.91 Å². The highest BCUT2D eigenvalue weighted by atomic mass is 32.2. The summed E-state index contributed by atoms with van der Waals surface area (Å²) < 4.78 is 7.17. The molecule has 0 radical (unpaired) electrons. The van der Waals surface area contributed by atoms with Crippen molar-refractivity contribution in [2.24, 2.45) is 5.73 Å². The Kier molecular flexibility index (Phi) is 4.90. The number of primary amides is 1. The molecule has 0 aliphatic heterocycles. The summed E-state index contributed by atoms with van der Waals surface area (Å²) in [5, 5.41) is 19.0. The molecular formula is C17H16N4O3S. The summed E-state index contributed by atoms with van der Waals surface area (Å²) in [4.78, 5) is 11.2. The lowest BCUT2D eigenvalue weighted by Gasteiger charge is -2.14. The molecule has 0 atom stereocenters. The second kappa shape index (κ2) is 7.27. The molecule has 0 spiro atoms. The molecule has 1 aromatic heterocycles. The van der Waals surface area contributed by atoms with Crippen molar-refractivity contribution < 1.29 is 14.6 Å². The molecule has 2 aromatic carbocycles. The number of thioether (sulfide) groups is 1. The van der Waals surface area contributed by atoms with Gasteiger partial charge in [-0.3, -0.25) is 9.36 Å². The van der Waals surface area contributed by atoms with Gasteiger partial charge in [-0.25, -0.2) is 0 Å². The summed E-state index contributed by atoms with van der Waals surface area (Å²) in [7, 11) is 1.57. The van der Waals surface area contributed by atoms with E-state index in [0.717, 1.165) is 0 Å². The number of amides is 1. The van der Waals surface area contributed by atoms with Crippen LogP contribution in [-0.2, 0) is 4.79 Å². The van der Waals surface area contributed by atoms with E-state index in [1.807, 2.05) is 24.3 Å². The molecule has 1 amide bonds. The lowest BCUT2D eigenvalue weighted by Crippen LogP contribution is -2.13. The molecule has 8 heteroatoms. The minimum absolute atomic E-state index is 0.0635. The van der Waals surface area contributed by atoms with Crippen molar-refractivity contribution in [3.05, 3.63) is 48.5 Å². The zero-order valence-electron chi connectivity index (χ0n) is 13.4. The molecular weight excluding hydrogens is 340 g/mol. The van der Waals surface area contributed by atoms with Crippen LogP contribution in [0.25, 0.3) is 17.1 Å². The summed E-state index contributed by atoms with van der Waals surface area (Å²) in [6, 6.07) is 14.2. The van der Waals surface area contributed by atoms with Crippen LogP contribution in [0.2, 0.25) is 0 Å². The van der Waals surface area contributed by atoms with Gasteiger partial charge < -0.3 is 15.6 Å². The number of aromatic nitrogens is 3. The van der Waals surface area contributed by atoms with Crippen LogP contribution in [0.1, 0.15) is 0 Å². The molecule has 3 rings (SSSR count). The van der Waals surface area contributed by atoms with Crippen LogP contribution in [0.5, 0.6) is 11.5 Å². The van der Waals surface area contributed by atoms with E-state index >= 15 is 0 Å². The first kappa shape index (κ1) is 16.8. The Hall–Kier alpha value is -3.00. The fourth-order valence-electron chi connectivity index (χ4n) is 2.37. The molecule has 0 aliphatic carbocycles. The normalized spacial score (nSPS) is 10.6. The van der Waals surface area contributed by atoms with E-state index in [-0.39, 0.29) is 11.5 Å². The van der Waals surface area contributed by atoms with Crippen molar-refractivity contribution in [3.8, 4) is 28.6 Å². The Morgan fingerprint density at radius 3 is 2.64 bits per heavy atom. The van der Waals surface area contributed by atoms with Gasteiger partial charge in [-0.05, 0) is 24.3 Å². The molecule has 25 heavy (non-hydrogen) atoms. The zero-order chi connectivity index (χ0) is 17.8. The SMILES string of the molecule is COc1ccccc1-n1c(SCC(N)=O)nnc1-c1ccccc1O. The monoisotopic (exact) mass is 356 g/mol. The lowest BCUT2D eigenvalue weighted by molar-refractivity contribution is -0.115. The maximum atomic E-state index is 11.2. The Bertz CT molecular complexity index is 910. The number of phenolic OH excluding ortho intramolecular Hbond substituents is 1. The van der Waals surface area contributed by atoms with Gasteiger partial charge in [0, 0.05) is 0 Å². The summed E-state index contributed by atoms with van der Waals surface area (Å²) in [5.41, 5.74) is 6.46. The van der Waals surface area contributed by atoms with Crippen LogP contribution in [0.15, 0.2) is 53.7 Å². The standard InChI is InChI=1S/C17H16N4O3S/c1-24-14-9-5-3-7-12(14)21-16(11-6-2-4-8-13(11)22)19-20-17(21)25-10-15(18)23/h2-9,22H,10H2,1H3,(H2,18,23). The number of carbonyl (C=O) groups excluding carboxylic acids is 1. The third-order valence-corrected chi connectivity index (χ3v) is 4.40. The first-order valence-corrected chi connectivity index (χ1v) is 8.38. The molecule has 1 heterocycles. The second-order valence-corrected chi connectivity index (χ2v) is 6.03. The molecule has 0 aliphatic rings. The molecule has 0 fully saturated rings. The first-order chi connectivity index (χ1) is 12.1. The average Bonchev–Trinajstić information content (AvgIpc) is 3.03. The molecule has 0 bridgehead atoms. The van der Waals surface area contributed by atoms with Crippen LogP contribution in [0.4, 0.5) is 0 Å². The van der Waals surface area contributed by atoms with Gasteiger partial charge in [0.25, 0.3) is 0 Å². The van der Waals surface area contributed by atoms with Crippen molar-refractivity contribution in [1.82, 2.24) is 14.8 Å². The molecule has 0 saturated carbocycles. The van der Waals surface area contributed by atoms with Gasteiger partial charge in [-0.1, -0.05) is 36.0 Å². The fourth-order valence-corrected chi connectivity index (χ4v) is 3.05. The predicted octanol–water partition coefficient (Wildman–Crippen LogP) is 2.23. The quantitative estimate of drug-likeness (QED) is 0.657. The second-order valence-electron chi connectivity index (χ2n) is 5.09. The van der Waals surface area contributed by atoms with Crippen molar-refractivity contribution >= 4 is 17.7 Å². The van der Waals surface area contributed by atoms with Crippen molar-refractivity contribution in [2.75, 3.05) is 12.9 Å². The number of para-hydroxylation sites is 3. The number of carbonyl (C=O) groups is 1. The number of methoxy groups -OCH3 is 1. The maximum Gasteiger partial charge on any atom is 0.227 e. The van der Waals surface area contributed by atoms with Crippen LogP contribution >= 0.6 is 11.8 Å². The minimum Gasteiger partial charge on any atom is -0.507 e. The fraction of sp³-hybridized carbons (Fsp3) is 0.118. The van der Waals surface area contributed by atoms with Crippen molar-refractivity contribution in [3.63, 3.8) is 0 Å². The molecule has 3 aromatic rings. The van der Waals surface area contributed by atoms with Crippen molar-refractivity contribution in [2.45, 2.75) is 5.16 Å². The third-order valence-electron chi connectivity index (χ3n) is 3.45. The van der Waals surface area contributed by atoms with Gasteiger partial charge >= 0.3 is 0 Å². The molecule has 0 unspecified atom stereocenters. The van der Waals surface area contributed by atoms with Crippen LogP contribution in [0.3, 0.4) is 0 Å². The topological polar surface area (TPSA) is 103 Å². The molecule has 3 N–H and O–H groups in total. The predicted molar refractivity (Wildman–Crippen MR) is 94.9 cm³/mol. The Morgan fingerprint density at radius 2 is 1.92 bits per heavy atom. The number of benzene rings is 2. The van der Waals surface area contributed by atoms with Gasteiger partial charge in [0.15, 0.2) is 11.0 Å². The van der Waals surface area contributed by atoms with Gasteiger partial charge in [-0.2, -0.15) is 0 Å². The summed E-state index contributed by atoms with van der Waals surface area (Å²) >= 11 is 1.17. The highest BCUT2D eigenvalue weighted by molar-refractivity contribution is 7.99. The number of nitrogens with zero attached hydrogens (tertiary/aromatic N) is 3. The van der Waals surface area contributed by atoms with Crippen LogP contribution in [0, 0.1) is 0 Å². The summed E-state index contributed by atoms with van der Waals surface area (Å²) in [6.45, 7) is 0. The minimum atomic E-state index is -0.455. The summed E-state index contributed by atoms with van der Waals surface area (Å²) in [6.07, 6.45) is 0. The van der Waals surface area contributed by atoms with E-state index in [9.17, 15) is 9.90 Å². The number of ether oxygens (including phenoxy) is 1. The highest BCUT2D eigenvalue weighted by Gasteiger charge is 2.20. The Morgan fingerprint density at radius 1 is 1.20 bits per heavy atom. The number of phenols is 1. The summed E-state index contributed by atoms with van der Waals surface area (Å²) in [5.74, 6) is 0.740. The van der Waals surface area contributed by atoms with Gasteiger partial charge in [-0.15, -0.1) is 10.2 Å². The molecule has 128 valence electrons. The van der Waals surface area contributed by atoms with Gasteiger partial charge in [0.2, 0.25) is 5.91 Å². The number of hydrogen-bond acceptors (Lipinski definition) is 6. The average molecular weight is 356 g/mol.